The Hall–Kier alpha value is -0.790. The van der Waals surface area contributed by atoms with Crippen molar-refractivity contribution in [2.24, 2.45) is 5.92 Å². The van der Waals surface area contributed by atoms with Crippen LogP contribution in [0.1, 0.15) is 97.3 Å². The molecule has 0 spiro atoms. The summed E-state index contributed by atoms with van der Waals surface area (Å²) in [4.78, 5) is 10.3. The van der Waals surface area contributed by atoms with E-state index >= 15 is 0 Å². The van der Waals surface area contributed by atoms with E-state index in [-0.39, 0.29) is 0 Å². The molecule has 0 atom stereocenters. The number of carbonyl (C=O) groups is 1. The second-order valence-electron chi connectivity index (χ2n) is 6.56. The fourth-order valence-electron chi connectivity index (χ4n) is 2.47. The number of hydrogen-bond acceptors (Lipinski definition) is 1. The topological polar surface area (TPSA) is 37.3 Å². The van der Waals surface area contributed by atoms with Gasteiger partial charge in [0.05, 0.1) is 0 Å². The van der Waals surface area contributed by atoms with Crippen molar-refractivity contribution in [2.75, 3.05) is 0 Å². The lowest BCUT2D eigenvalue weighted by molar-refractivity contribution is -0.137. The summed E-state index contributed by atoms with van der Waals surface area (Å²) in [6.07, 6.45) is 19.9. The Bertz CT molecular complexity index is 256. The van der Waals surface area contributed by atoms with Gasteiger partial charge < -0.3 is 5.11 Å². The monoisotopic (exact) mass is 296 g/mol. The maximum atomic E-state index is 10.3. The lowest BCUT2D eigenvalue weighted by atomic mass is 10.0. The summed E-state index contributed by atoms with van der Waals surface area (Å²) in [5, 5.41) is 8.52. The second-order valence-corrected chi connectivity index (χ2v) is 6.56. The third kappa shape index (κ3) is 19.2. The Morgan fingerprint density at radius 2 is 1.29 bits per heavy atom. The van der Waals surface area contributed by atoms with Crippen LogP contribution in [-0.2, 0) is 4.79 Å². The molecule has 2 nitrogen and oxygen atoms in total. The van der Waals surface area contributed by atoms with Crippen molar-refractivity contribution in [1.29, 1.82) is 0 Å². The Labute approximate surface area is 132 Å². The number of aliphatic carboxylic acids is 1. The zero-order valence-corrected chi connectivity index (χ0v) is 14.3. The molecule has 21 heavy (non-hydrogen) atoms. The minimum absolute atomic E-state index is 0.335. The maximum Gasteiger partial charge on any atom is 0.303 e. The molecule has 0 rings (SSSR count). The molecule has 0 amide bonds. The largest absolute Gasteiger partial charge is 0.481 e. The first-order chi connectivity index (χ1) is 10.1. The molecule has 0 bridgehead atoms. The Balaban J connectivity index is 3.09. The molecule has 0 aliphatic heterocycles. The van der Waals surface area contributed by atoms with Crippen molar-refractivity contribution in [2.45, 2.75) is 97.3 Å². The van der Waals surface area contributed by atoms with Gasteiger partial charge in [0.15, 0.2) is 0 Å². The third-order valence-electron chi connectivity index (χ3n) is 3.83. The maximum absolute atomic E-state index is 10.3. The van der Waals surface area contributed by atoms with Crippen molar-refractivity contribution in [3.63, 3.8) is 0 Å². The highest BCUT2D eigenvalue weighted by Gasteiger charge is 1.96. The minimum Gasteiger partial charge on any atom is -0.481 e. The van der Waals surface area contributed by atoms with Gasteiger partial charge in [-0.1, -0.05) is 70.9 Å². The molecule has 124 valence electrons. The van der Waals surface area contributed by atoms with Crippen molar-refractivity contribution in [3.8, 4) is 0 Å². The number of unbranched alkanes of at least 4 members (excludes halogenated alkanes) is 9. The normalized spacial score (nSPS) is 11.6. The number of allylic oxidation sites excluding steroid dienone is 2. The SMILES string of the molecule is CC(C)CCCC/C=C/CCCCCCCCCC(=O)O. The van der Waals surface area contributed by atoms with Crippen LogP contribution < -0.4 is 0 Å². The molecule has 0 saturated carbocycles. The first kappa shape index (κ1) is 20.2. The third-order valence-corrected chi connectivity index (χ3v) is 3.83. The van der Waals surface area contributed by atoms with E-state index in [0.717, 1.165) is 18.8 Å². The predicted molar refractivity (Wildman–Crippen MR) is 91.6 cm³/mol. The summed E-state index contributed by atoms with van der Waals surface area (Å²) >= 11 is 0. The molecule has 0 aromatic rings. The van der Waals surface area contributed by atoms with Crippen molar-refractivity contribution in [1.82, 2.24) is 0 Å². The summed E-state index contributed by atoms with van der Waals surface area (Å²) in [5.74, 6) is 0.184. The molecule has 1 N–H and O–H groups in total. The Morgan fingerprint density at radius 1 is 0.810 bits per heavy atom. The molecule has 0 aliphatic carbocycles. The molecule has 0 aromatic heterocycles. The molecule has 0 unspecified atom stereocenters. The van der Waals surface area contributed by atoms with Gasteiger partial charge in [0.25, 0.3) is 0 Å². The van der Waals surface area contributed by atoms with Gasteiger partial charge in [0.1, 0.15) is 0 Å². The van der Waals surface area contributed by atoms with E-state index in [1.54, 1.807) is 0 Å². The molecule has 0 radical (unpaired) electrons. The van der Waals surface area contributed by atoms with E-state index in [4.69, 9.17) is 5.11 Å². The van der Waals surface area contributed by atoms with Crippen LogP contribution in [-0.4, -0.2) is 11.1 Å². The van der Waals surface area contributed by atoms with Gasteiger partial charge in [-0.05, 0) is 38.0 Å². The quantitative estimate of drug-likeness (QED) is 0.282. The van der Waals surface area contributed by atoms with Gasteiger partial charge in [-0.25, -0.2) is 0 Å². The predicted octanol–water partition coefficient (Wildman–Crippen LogP) is 6.35. The van der Waals surface area contributed by atoms with E-state index in [1.807, 2.05) is 0 Å². The van der Waals surface area contributed by atoms with Crippen molar-refractivity contribution in [3.05, 3.63) is 12.2 Å². The number of carboxylic acid groups (broad SMARTS) is 1. The standard InChI is InChI=1S/C19H36O2/c1-18(2)16-14-12-10-8-6-4-3-5-7-9-11-13-15-17-19(20)21/h6,8,18H,3-5,7,9-17H2,1-2H3,(H,20,21)/b8-6+. The van der Waals surface area contributed by atoms with E-state index in [2.05, 4.69) is 26.0 Å². The highest BCUT2D eigenvalue weighted by Crippen LogP contribution is 2.11. The highest BCUT2D eigenvalue weighted by atomic mass is 16.4. The number of carboxylic acids is 1. The molecule has 0 aliphatic rings. The highest BCUT2D eigenvalue weighted by molar-refractivity contribution is 5.66. The van der Waals surface area contributed by atoms with Gasteiger partial charge in [-0.15, -0.1) is 0 Å². The summed E-state index contributed by atoms with van der Waals surface area (Å²) < 4.78 is 0. The van der Waals surface area contributed by atoms with Crippen LogP contribution in [0.3, 0.4) is 0 Å². The van der Waals surface area contributed by atoms with Crippen LogP contribution >= 0.6 is 0 Å². The fourth-order valence-corrected chi connectivity index (χ4v) is 2.47. The molecular formula is C19H36O2. The van der Waals surface area contributed by atoms with E-state index < -0.39 is 5.97 Å². The summed E-state index contributed by atoms with van der Waals surface area (Å²) in [7, 11) is 0. The molecular weight excluding hydrogens is 260 g/mol. The minimum atomic E-state index is -0.661. The van der Waals surface area contributed by atoms with Crippen LogP contribution in [0, 0.1) is 5.92 Å². The van der Waals surface area contributed by atoms with Crippen LogP contribution in [0.4, 0.5) is 0 Å². The van der Waals surface area contributed by atoms with Crippen LogP contribution in [0.15, 0.2) is 12.2 Å². The molecule has 0 aromatic carbocycles. The van der Waals surface area contributed by atoms with Gasteiger partial charge in [0, 0.05) is 6.42 Å². The van der Waals surface area contributed by atoms with Crippen LogP contribution in [0.2, 0.25) is 0 Å². The fraction of sp³-hybridized carbons (Fsp3) is 0.842. The molecule has 0 heterocycles. The lowest BCUT2D eigenvalue weighted by Crippen LogP contribution is -1.93. The first-order valence-electron chi connectivity index (χ1n) is 8.99. The van der Waals surface area contributed by atoms with Gasteiger partial charge in [-0.3, -0.25) is 4.79 Å². The van der Waals surface area contributed by atoms with Gasteiger partial charge in [-0.2, -0.15) is 0 Å². The molecule has 0 fully saturated rings. The summed E-state index contributed by atoms with van der Waals surface area (Å²) in [6, 6.07) is 0. The summed E-state index contributed by atoms with van der Waals surface area (Å²) in [5.41, 5.74) is 0. The smallest absolute Gasteiger partial charge is 0.303 e. The van der Waals surface area contributed by atoms with Crippen molar-refractivity contribution < 1.29 is 9.90 Å². The molecule has 0 saturated heterocycles. The van der Waals surface area contributed by atoms with Crippen LogP contribution in [0.25, 0.3) is 0 Å². The van der Waals surface area contributed by atoms with E-state index in [9.17, 15) is 4.79 Å². The van der Waals surface area contributed by atoms with Crippen molar-refractivity contribution >= 4 is 5.97 Å². The average molecular weight is 296 g/mol. The zero-order valence-electron chi connectivity index (χ0n) is 14.3. The Kier molecular flexibility index (Phi) is 15.0. The number of rotatable bonds is 15. The second kappa shape index (κ2) is 15.6. The van der Waals surface area contributed by atoms with Gasteiger partial charge in [0.2, 0.25) is 0 Å². The summed E-state index contributed by atoms with van der Waals surface area (Å²) in [6.45, 7) is 4.59. The lowest BCUT2D eigenvalue weighted by Gasteiger charge is -2.02. The zero-order chi connectivity index (χ0) is 15.8. The Morgan fingerprint density at radius 3 is 1.81 bits per heavy atom. The molecule has 2 heteroatoms. The first-order valence-corrected chi connectivity index (χ1v) is 8.99. The van der Waals surface area contributed by atoms with E-state index in [1.165, 1.54) is 64.2 Å². The average Bonchev–Trinajstić information content (AvgIpc) is 2.42. The van der Waals surface area contributed by atoms with E-state index in [0.29, 0.717) is 6.42 Å². The van der Waals surface area contributed by atoms with Crippen LogP contribution in [0.5, 0.6) is 0 Å². The van der Waals surface area contributed by atoms with Gasteiger partial charge >= 0.3 is 5.97 Å². The number of hydrogen-bond donors (Lipinski definition) is 1.